The van der Waals surface area contributed by atoms with E-state index in [4.69, 9.17) is 27.6 Å². The van der Waals surface area contributed by atoms with Crippen LogP contribution in [0.15, 0.2) is 87.2 Å². The van der Waals surface area contributed by atoms with Gasteiger partial charge in [0.05, 0.1) is 17.7 Å². The third kappa shape index (κ3) is 8.07. The van der Waals surface area contributed by atoms with Gasteiger partial charge in [0.15, 0.2) is 0 Å². The van der Waals surface area contributed by atoms with Crippen LogP contribution < -0.4 is 10.7 Å². The van der Waals surface area contributed by atoms with E-state index < -0.39 is 21.8 Å². The highest BCUT2D eigenvalue weighted by atomic mass is 35.5. The Morgan fingerprint density at radius 2 is 1.55 bits per heavy atom. The fourth-order valence-corrected chi connectivity index (χ4v) is 5.94. The molecule has 0 unspecified atom stereocenters. The molecule has 3 aromatic carbocycles. The number of anilines is 1. The van der Waals surface area contributed by atoms with Gasteiger partial charge >= 0.3 is 11.8 Å². The molecule has 1 aromatic heterocycles. The number of hydrogen-bond acceptors (Lipinski definition) is 6. The summed E-state index contributed by atoms with van der Waals surface area (Å²) >= 11 is 12.4. The predicted molar refractivity (Wildman–Crippen MR) is 163 cm³/mol. The first-order chi connectivity index (χ1) is 19.9. The molecule has 2 N–H and O–H groups in total. The van der Waals surface area contributed by atoms with Crippen molar-refractivity contribution in [1.82, 2.24) is 9.73 Å². The molecule has 0 fully saturated rings. The predicted octanol–water partition coefficient (Wildman–Crippen LogP) is 5.99. The number of hydrazone groups is 1. The topological polar surface area (TPSA) is 121 Å². The average Bonchev–Trinajstić information content (AvgIpc) is 3.36. The first-order valence-corrected chi connectivity index (χ1v) is 14.9. The van der Waals surface area contributed by atoms with Crippen molar-refractivity contribution in [3.63, 3.8) is 0 Å². The molecule has 12 heteroatoms. The molecule has 0 radical (unpaired) electrons. The first-order valence-electron chi connectivity index (χ1n) is 12.7. The van der Waals surface area contributed by atoms with Crippen LogP contribution >= 0.6 is 23.2 Å². The minimum absolute atomic E-state index is 0.0397. The number of rotatable bonds is 9. The normalized spacial score (nSPS) is 11.7. The highest BCUT2D eigenvalue weighted by Crippen LogP contribution is 2.27. The van der Waals surface area contributed by atoms with Gasteiger partial charge in [-0.1, -0.05) is 53.0 Å². The van der Waals surface area contributed by atoms with Crippen LogP contribution in [0.2, 0.25) is 10.0 Å². The standard InChI is InChI=1S/C30H28Cl2N4O5S/c1-19-4-10-27(11-5-19)42(39,40)36(17-22-6-7-23(31)15-28(22)32)18-26-9-8-25(41-26)16-33-35-30(38)29(37)34-24-13-20(2)12-21(3)14-24/h4-16H,17-18H2,1-3H3,(H,34,37)(H,35,38)/b33-16+. The lowest BCUT2D eigenvalue weighted by atomic mass is 10.1. The van der Waals surface area contributed by atoms with Crippen molar-refractivity contribution >= 4 is 56.9 Å². The van der Waals surface area contributed by atoms with E-state index in [-0.39, 0.29) is 23.7 Å². The molecule has 9 nitrogen and oxygen atoms in total. The van der Waals surface area contributed by atoms with E-state index >= 15 is 0 Å². The lowest BCUT2D eigenvalue weighted by Gasteiger charge is -2.22. The van der Waals surface area contributed by atoms with Gasteiger partial charge in [0.1, 0.15) is 11.5 Å². The quantitative estimate of drug-likeness (QED) is 0.134. The van der Waals surface area contributed by atoms with Gasteiger partial charge in [0.25, 0.3) is 0 Å². The van der Waals surface area contributed by atoms with Crippen molar-refractivity contribution in [1.29, 1.82) is 0 Å². The van der Waals surface area contributed by atoms with E-state index in [1.165, 1.54) is 10.5 Å². The maximum absolute atomic E-state index is 13.6. The van der Waals surface area contributed by atoms with E-state index in [0.29, 0.717) is 27.1 Å². The number of halogens is 2. The number of sulfonamides is 1. The molecule has 1 heterocycles. The van der Waals surface area contributed by atoms with Gasteiger partial charge in [0, 0.05) is 22.3 Å². The smallest absolute Gasteiger partial charge is 0.329 e. The molecule has 0 bridgehead atoms. The second-order valence-corrected chi connectivity index (χ2v) is 12.4. The molecule has 0 aliphatic rings. The Labute approximate surface area is 254 Å². The van der Waals surface area contributed by atoms with Crippen molar-refractivity contribution in [3.05, 3.63) is 117 Å². The molecule has 0 atom stereocenters. The molecule has 0 aliphatic carbocycles. The van der Waals surface area contributed by atoms with Crippen LogP contribution in [-0.2, 0) is 32.7 Å². The summed E-state index contributed by atoms with van der Waals surface area (Å²) in [7, 11) is -3.95. The second kappa shape index (κ2) is 13.3. The Morgan fingerprint density at radius 3 is 2.21 bits per heavy atom. The summed E-state index contributed by atoms with van der Waals surface area (Å²) in [5, 5.41) is 7.07. The number of nitrogens with zero attached hydrogens (tertiary/aromatic N) is 2. The number of carbonyl (C=O) groups excluding carboxylic acids is 2. The van der Waals surface area contributed by atoms with E-state index in [0.717, 1.165) is 16.7 Å². The molecule has 4 aromatic rings. The number of nitrogens with one attached hydrogen (secondary N) is 2. The van der Waals surface area contributed by atoms with E-state index in [1.54, 1.807) is 66.7 Å². The number of aryl methyl sites for hydroxylation is 3. The van der Waals surface area contributed by atoms with Crippen LogP contribution in [0.25, 0.3) is 0 Å². The van der Waals surface area contributed by atoms with Gasteiger partial charge in [-0.15, -0.1) is 0 Å². The minimum atomic E-state index is -3.95. The number of furan rings is 1. The Balaban J connectivity index is 1.46. The SMILES string of the molecule is Cc1ccc(S(=O)(=O)N(Cc2ccc(/C=N/NC(=O)C(=O)Nc3cc(C)cc(C)c3)o2)Cc2ccc(Cl)cc2Cl)cc1. The van der Waals surface area contributed by atoms with Crippen molar-refractivity contribution in [2.75, 3.05) is 5.32 Å². The Morgan fingerprint density at radius 1 is 0.857 bits per heavy atom. The second-order valence-electron chi connectivity index (χ2n) is 9.66. The number of carbonyl (C=O) groups is 2. The largest absolute Gasteiger partial charge is 0.459 e. The number of benzene rings is 3. The fraction of sp³-hybridized carbons (Fsp3) is 0.167. The fourth-order valence-electron chi connectivity index (χ4n) is 4.09. The van der Waals surface area contributed by atoms with Crippen molar-refractivity contribution in [2.45, 2.75) is 38.8 Å². The number of hydrogen-bond donors (Lipinski definition) is 2. The third-order valence-corrected chi connectivity index (χ3v) is 8.47. The van der Waals surface area contributed by atoms with Crippen LogP contribution in [0.1, 0.15) is 33.8 Å². The highest BCUT2D eigenvalue weighted by molar-refractivity contribution is 7.89. The maximum Gasteiger partial charge on any atom is 0.329 e. The lowest BCUT2D eigenvalue weighted by molar-refractivity contribution is -0.136. The van der Waals surface area contributed by atoms with Gasteiger partial charge in [-0.2, -0.15) is 9.41 Å². The van der Waals surface area contributed by atoms with Crippen LogP contribution in [-0.4, -0.2) is 30.8 Å². The van der Waals surface area contributed by atoms with Crippen LogP contribution in [0.3, 0.4) is 0 Å². The van der Waals surface area contributed by atoms with Gasteiger partial charge in [-0.05, 0) is 86.0 Å². The Kier molecular flexibility index (Phi) is 9.85. The van der Waals surface area contributed by atoms with Gasteiger partial charge in [0.2, 0.25) is 10.0 Å². The maximum atomic E-state index is 13.6. The monoisotopic (exact) mass is 626 g/mol. The van der Waals surface area contributed by atoms with Crippen LogP contribution in [0.5, 0.6) is 0 Å². The summed E-state index contributed by atoms with van der Waals surface area (Å²) in [6.07, 6.45) is 1.21. The molecular formula is C30H28Cl2N4O5S. The van der Waals surface area contributed by atoms with Crippen LogP contribution in [0, 0.1) is 20.8 Å². The van der Waals surface area contributed by atoms with E-state index in [1.807, 2.05) is 26.8 Å². The molecule has 0 spiro atoms. The summed E-state index contributed by atoms with van der Waals surface area (Å²) in [5.41, 5.74) is 6.02. The molecule has 0 saturated carbocycles. The summed E-state index contributed by atoms with van der Waals surface area (Å²) in [5.74, 6) is -1.30. The third-order valence-electron chi connectivity index (χ3n) is 6.08. The summed E-state index contributed by atoms with van der Waals surface area (Å²) in [4.78, 5) is 24.5. The first kappa shape index (κ1) is 31.0. The average molecular weight is 628 g/mol. The molecule has 2 amide bonds. The van der Waals surface area contributed by atoms with Crippen molar-refractivity contribution < 1.29 is 22.4 Å². The van der Waals surface area contributed by atoms with Gasteiger partial charge in [-0.25, -0.2) is 13.8 Å². The molecule has 42 heavy (non-hydrogen) atoms. The zero-order valence-electron chi connectivity index (χ0n) is 23.0. The molecule has 0 aliphatic heterocycles. The summed E-state index contributed by atoms with van der Waals surface area (Å²) in [6.45, 7) is 5.48. The summed E-state index contributed by atoms with van der Waals surface area (Å²) in [6, 6.07) is 20.0. The zero-order valence-corrected chi connectivity index (χ0v) is 25.3. The van der Waals surface area contributed by atoms with E-state index in [2.05, 4.69) is 15.8 Å². The highest BCUT2D eigenvalue weighted by Gasteiger charge is 2.27. The van der Waals surface area contributed by atoms with Crippen molar-refractivity contribution in [2.24, 2.45) is 5.10 Å². The minimum Gasteiger partial charge on any atom is -0.459 e. The summed E-state index contributed by atoms with van der Waals surface area (Å²) < 4.78 is 34.2. The Hall–Kier alpha value is -3.96. The van der Waals surface area contributed by atoms with Gasteiger partial charge < -0.3 is 9.73 Å². The molecular weight excluding hydrogens is 599 g/mol. The zero-order chi connectivity index (χ0) is 30.4. The van der Waals surface area contributed by atoms with Gasteiger partial charge in [-0.3, -0.25) is 9.59 Å². The van der Waals surface area contributed by atoms with E-state index in [9.17, 15) is 18.0 Å². The van der Waals surface area contributed by atoms with Crippen molar-refractivity contribution in [3.8, 4) is 0 Å². The number of amides is 2. The molecule has 0 saturated heterocycles. The molecule has 218 valence electrons. The Bertz CT molecular complexity index is 1730. The van der Waals surface area contributed by atoms with Crippen LogP contribution in [0.4, 0.5) is 5.69 Å². The lowest BCUT2D eigenvalue weighted by Crippen LogP contribution is -2.32. The molecule has 4 rings (SSSR count).